The van der Waals surface area contributed by atoms with Crippen molar-refractivity contribution in [1.82, 2.24) is 9.97 Å². The Morgan fingerprint density at radius 3 is 2.19 bits per heavy atom. The summed E-state index contributed by atoms with van der Waals surface area (Å²) < 4.78 is 0. The van der Waals surface area contributed by atoms with E-state index in [0.29, 0.717) is 21.3 Å². The third-order valence-electron chi connectivity index (χ3n) is 3.03. The molecule has 0 spiro atoms. The van der Waals surface area contributed by atoms with Gasteiger partial charge in [-0.2, -0.15) is 0 Å². The molecule has 3 rings (SSSR count). The van der Waals surface area contributed by atoms with Crippen molar-refractivity contribution in [3.63, 3.8) is 0 Å². The van der Waals surface area contributed by atoms with Gasteiger partial charge >= 0.3 is 0 Å². The number of hydrogen-bond donors (Lipinski definition) is 0. The molecule has 106 valence electrons. The second-order valence-corrected chi connectivity index (χ2v) is 6.05. The third kappa shape index (κ3) is 2.95. The quantitative estimate of drug-likeness (QED) is 0.532. The molecule has 1 heterocycles. The highest BCUT2D eigenvalue weighted by atomic mass is 35.5. The average Bonchev–Trinajstić information content (AvgIpc) is 2.46. The van der Waals surface area contributed by atoms with Gasteiger partial charge in [-0.3, -0.25) is 0 Å². The molecule has 2 nitrogen and oxygen atoms in total. The molecular formula is C15H8Cl4N2. The molecule has 0 saturated carbocycles. The smallest absolute Gasteiger partial charge is 0.153 e. The van der Waals surface area contributed by atoms with Gasteiger partial charge in [0.25, 0.3) is 0 Å². The van der Waals surface area contributed by atoms with Gasteiger partial charge in [0.05, 0.1) is 11.0 Å². The predicted molar refractivity (Wildman–Crippen MR) is 88.7 cm³/mol. The Morgan fingerprint density at radius 1 is 0.857 bits per heavy atom. The Labute approximate surface area is 141 Å². The van der Waals surface area contributed by atoms with E-state index in [4.69, 9.17) is 46.4 Å². The topological polar surface area (TPSA) is 25.8 Å². The summed E-state index contributed by atoms with van der Waals surface area (Å²) in [5, 5.41) is 0.677. The molecule has 0 bridgehead atoms. The molecule has 0 amide bonds. The lowest BCUT2D eigenvalue weighted by atomic mass is 10.1. The van der Waals surface area contributed by atoms with E-state index in [1.54, 1.807) is 18.2 Å². The first kappa shape index (κ1) is 14.9. The number of hydrogen-bond acceptors (Lipinski definition) is 2. The molecule has 0 N–H and O–H groups in total. The Morgan fingerprint density at radius 2 is 1.52 bits per heavy atom. The monoisotopic (exact) mass is 356 g/mol. The van der Waals surface area contributed by atoms with Crippen LogP contribution in [0, 0.1) is 0 Å². The largest absolute Gasteiger partial charge is 0.246 e. The molecule has 0 aliphatic heterocycles. The SMILES string of the molecule is Clc1ccc(C(Cl)c2nc3ccccc3nc2Cl)c(Cl)c1. The van der Waals surface area contributed by atoms with Crippen molar-refractivity contribution in [1.29, 1.82) is 0 Å². The van der Waals surface area contributed by atoms with Crippen LogP contribution >= 0.6 is 46.4 Å². The van der Waals surface area contributed by atoms with Gasteiger partial charge in [-0.05, 0) is 29.8 Å². The van der Waals surface area contributed by atoms with Crippen molar-refractivity contribution in [2.75, 3.05) is 0 Å². The van der Waals surface area contributed by atoms with Gasteiger partial charge in [0, 0.05) is 10.0 Å². The molecule has 0 aliphatic carbocycles. The Hall–Kier alpha value is -1.06. The summed E-state index contributed by atoms with van der Waals surface area (Å²) in [7, 11) is 0. The lowest BCUT2D eigenvalue weighted by Crippen LogP contribution is -2.01. The van der Waals surface area contributed by atoms with Gasteiger partial charge in [0.2, 0.25) is 0 Å². The lowest BCUT2D eigenvalue weighted by molar-refractivity contribution is 1.03. The summed E-state index contributed by atoms with van der Waals surface area (Å²) in [4.78, 5) is 8.82. The van der Waals surface area contributed by atoms with Crippen molar-refractivity contribution in [3.05, 3.63) is 68.9 Å². The van der Waals surface area contributed by atoms with Crippen LogP contribution in [0.3, 0.4) is 0 Å². The molecule has 6 heteroatoms. The van der Waals surface area contributed by atoms with E-state index >= 15 is 0 Å². The van der Waals surface area contributed by atoms with Gasteiger partial charge in [-0.25, -0.2) is 9.97 Å². The molecule has 21 heavy (non-hydrogen) atoms. The van der Waals surface area contributed by atoms with Crippen LogP contribution in [0.2, 0.25) is 15.2 Å². The molecule has 0 fully saturated rings. The van der Waals surface area contributed by atoms with Crippen LogP contribution < -0.4 is 0 Å². The van der Waals surface area contributed by atoms with Crippen LogP contribution in [0.1, 0.15) is 16.6 Å². The second-order valence-electron chi connectivity index (χ2n) is 4.42. The Bertz CT molecular complexity index is 820. The Kier molecular flexibility index (Phi) is 4.23. The summed E-state index contributed by atoms with van der Waals surface area (Å²) >= 11 is 24.8. The van der Waals surface area contributed by atoms with Gasteiger partial charge in [-0.1, -0.05) is 53.0 Å². The standard InChI is InChI=1S/C15H8Cl4N2/c16-8-5-6-9(10(17)7-8)13(18)14-15(19)21-12-4-2-1-3-11(12)20-14/h1-7,13H. The van der Waals surface area contributed by atoms with E-state index in [1.165, 1.54) is 0 Å². The van der Waals surface area contributed by atoms with Gasteiger partial charge in [-0.15, -0.1) is 11.6 Å². The molecule has 3 aromatic rings. The lowest BCUT2D eigenvalue weighted by Gasteiger charge is -2.13. The number of para-hydroxylation sites is 2. The zero-order valence-electron chi connectivity index (χ0n) is 10.5. The number of halogens is 4. The summed E-state index contributed by atoms with van der Waals surface area (Å²) in [6, 6.07) is 12.6. The fraction of sp³-hybridized carbons (Fsp3) is 0.0667. The van der Waals surface area contributed by atoms with Crippen LogP contribution in [0.25, 0.3) is 11.0 Å². The van der Waals surface area contributed by atoms with Gasteiger partial charge in [0.15, 0.2) is 5.15 Å². The molecule has 0 aliphatic rings. The number of alkyl halides is 1. The number of rotatable bonds is 2. The zero-order chi connectivity index (χ0) is 15.0. The van der Waals surface area contributed by atoms with Crippen LogP contribution in [0.4, 0.5) is 0 Å². The molecule has 1 aromatic heterocycles. The van der Waals surface area contributed by atoms with Crippen molar-refractivity contribution in [2.45, 2.75) is 5.38 Å². The van der Waals surface area contributed by atoms with Crippen LogP contribution in [0.5, 0.6) is 0 Å². The second kappa shape index (κ2) is 5.98. The van der Waals surface area contributed by atoms with E-state index in [1.807, 2.05) is 24.3 Å². The van der Waals surface area contributed by atoms with E-state index in [-0.39, 0.29) is 5.15 Å². The van der Waals surface area contributed by atoms with Crippen molar-refractivity contribution < 1.29 is 0 Å². The van der Waals surface area contributed by atoms with Gasteiger partial charge in [0.1, 0.15) is 11.1 Å². The van der Waals surface area contributed by atoms with E-state index in [0.717, 1.165) is 11.0 Å². The van der Waals surface area contributed by atoms with E-state index in [2.05, 4.69) is 9.97 Å². The maximum absolute atomic E-state index is 6.48. The van der Waals surface area contributed by atoms with Crippen molar-refractivity contribution in [2.24, 2.45) is 0 Å². The predicted octanol–water partition coefficient (Wildman–Crippen LogP) is 5.92. The summed E-state index contributed by atoms with van der Waals surface area (Å²) in [5.74, 6) is 0. The zero-order valence-corrected chi connectivity index (χ0v) is 13.5. The van der Waals surface area contributed by atoms with Crippen LogP contribution in [-0.2, 0) is 0 Å². The first-order valence-corrected chi connectivity index (χ1v) is 7.64. The minimum atomic E-state index is -0.598. The molecule has 0 radical (unpaired) electrons. The highest BCUT2D eigenvalue weighted by molar-refractivity contribution is 6.36. The molecular weight excluding hydrogens is 350 g/mol. The molecule has 0 saturated heterocycles. The number of benzene rings is 2. The summed E-state index contributed by atoms with van der Waals surface area (Å²) in [6.07, 6.45) is 0. The summed E-state index contributed by atoms with van der Waals surface area (Å²) in [5.41, 5.74) is 2.61. The van der Waals surface area contributed by atoms with E-state index in [9.17, 15) is 0 Å². The molecule has 1 unspecified atom stereocenters. The number of nitrogens with zero attached hydrogens (tertiary/aromatic N) is 2. The van der Waals surface area contributed by atoms with Gasteiger partial charge < -0.3 is 0 Å². The fourth-order valence-corrected chi connectivity index (χ4v) is 3.22. The Balaban J connectivity index is 2.12. The molecule has 1 atom stereocenters. The van der Waals surface area contributed by atoms with Crippen LogP contribution in [-0.4, -0.2) is 9.97 Å². The normalized spacial score (nSPS) is 12.6. The number of aromatic nitrogens is 2. The highest BCUT2D eigenvalue weighted by Crippen LogP contribution is 2.37. The minimum Gasteiger partial charge on any atom is -0.246 e. The summed E-state index contributed by atoms with van der Waals surface area (Å²) in [6.45, 7) is 0. The minimum absolute atomic E-state index is 0.264. The van der Waals surface area contributed by atoms with Crippen LogP contribution in [0.15, 0.2) is 42.5 Å². The first-order chi connectivity index (χ1) is 10.1. The third-order valence-corrected chi connectivity index (χ3v) is 4.31. The van der Waals surface area contributed by atoms with Crippen molar-refractivity contribution in [3.8, 4) is 0 Å². The fourth-order valence-electron chi connectivity index (χ4n) is 2.01. The van der Waals surface area contributed by atoms with Crippen molar-refractivity contribution >= 4 is 57.4 Å². The average molecular weight is 358 g/mol. The highest BCUT2D eigenvalue weighted by Gasteiger charge is 2.20. The maximum atomic E-state index is 6.48. The first-order valence-electron chi connectivity index (χ1n) is 6.07. The van der Waals surface area contributed by atoms with E-state index < -0.39 is 5.38 Å². The number of fused-ring (bicyclic) bond motifs is 1. The maximum Gasteiger partial charge on any atom is 0.153 e. The molecule has 2 aromatic carbocycles.